The summed E-state index contributed by atoms with van der Waals surface area (Å²) < 4.78 is 53.8. The highest BCUT2D eigenvalue weighted by Gasteiger charge is 2.30. The molecule has 40 heavy (non-hydrogen) atoms. The minimum absolute atomic E-state index is 0.0875. The van der Waals surface area contributed by atoms with Crippen LogP contribution >= 0.6 is 27.5 Å². The van der Waals surface area contributed by atoms with Gasteiger partial charge in [-0.15, -0.1) is 0 Å². The van der Waals surface area contributed by atoms with Crippen LogP contribution in [-0.4, -0.2) is 61.6 Å². The van der Waals surface area contributed by atoms with Crippen molar-refractivity contribution < 1.29 is 16.8 Å². The summed E-state index contributed by atoms with van der Waals surface area (Å²) in [5, 5.41) is 0.771. The summed E-state index contributed by atoms with van der Waals surface area (Å²) in [6, 6.07) is 17.3. The largest absolute Gasteiger partial charge is 0.260 e. The van der Waals surface area contributed by atoms with E-state index in [-0.39, 0.29) is 10.1 Å². The van der Waals surface area contributed by atoms with E-state index in [1.54, 1.807) is 36.4 Å². The van der Waals surface area contributed by atoms with Crippen LogP contribution < -0.4 is 0 Å². The van der Waals surface area contributed by atoms with Crippen LogP contribution in [0.25, 0.3) is 11.3 Å². The number of rotatable bonds is 5. The summed E-state index contributed by atoms with van der Waals surface area (Å²) in [5.74, 6) is 1.18. The molecule has 0 aliphatic carbocycles. The lowest BCUT2D eigenvalue weighted by Crippen LogP contribution is -2.38. The monoisotopic (exact) mass is 668 g/mol. The Bertz CT molecular complexity index is 1520. The van der Waals surface area contributed by atoms with E-state index in [1.165, 1.54) is 14.7 Å². The fourth-order valence-corrected chi connectivity index (χ4v) is 8.16. The maximum absolute atomic E-state index is 12.8. The second-order valence-electron chi connectivity index (χ2n) is 10.3. The Labute approximate surface area is 251 Å². The molecule has 5 rings (SSSR count). The highest BCUT2D eigenvalue weighted by molar-refractivity contribution is 9.10. The molecule has 4 heterocycles. The van der Waals surface area contributed by atoms with Crippen LogP contribution in [0.3, 0.4) is 0 Å². The van der Waals surface area contributed by atoms with Gasteiger partial charge in [-0.3, -0.25) is 0 Å². The fourth-order valence-electron chi connectivity index (χ4n) is 4.63. The number of hydrogen-bond acceptors (Lipinski definition) is 6. The molecule has 0 radical (unpaired) electrons. The zero-order valence-electron chi connectivity index (χ0n) is 22.6. The van der Waals surface area contributed by atoms with Gasteiger partial charge in [-0.05, 0) is 83.8 Å². The van der Waals surface area contributed by atoms with Crippen LogP contribution in [0.15, 0.2) is 75.3 Å². The maximum atomic E-state index is 12.8. The second-order valence-corrected chi connectivity index (χ2v) is 15.3. The average molecular weight is 670 g/mol. The first-order valence-electron chi connectivity index (χ1n) is 13.3. The molecule has 12 heteroatoms. The van der Waals surface area contributed by atoms with Crippen molar-refractivity contribution in [3.63, 3.8) is 0 Å². The van der Waals surface area contributed by atoms with E-state index < -0.39 is 20.0 Å². The van der Waals surface area contributed by atoms with Gasteiger partial charge in [0.05, 0.1) is 5.69 Å². The van der Waals surface area contributed by atoms with Gasteiger partial charge in [-0.1, -0.05) is 55.8 Å². The average Bonchev–Trinajstić information content (AvgIpc) is 2.94. The van der Waals surface area contributed by atoms with Crippen LogP contribution in [0, 0.1) is 11.8 Å². The van der Waals surface area contributed by atoms with E-state index in [2.05, 4.69) is 39.7 Å². The maximum Gasteiger partial charge on any atom is 0.260 e. The van der Waals surface area contributed by atoms with Gasteiger partial charge in [-0.25, -0.2) is 26.8 Å². The number of pyridine rings is 2. The van der Waals surface area contributed by atoms with Gasteiger partial charge >= 0.3 is 0 Å². The predicted octanol–water partition coefficient (Wildman–Crippen LogP) is 6.09. The van der Waals surface area contributed by atoms with Crippen molar-refractivity contribution >= 4 is 47.6 Å². The SMILES string of the molecule is CC1CCN(S(=O)(=O)c2cccc(-c3ccccc3Cl)n2)CC1.CC1CCN(S(=O)(=O)c2cccc(Br)n2)CC1. The Morgan fingerprint density at radius 1 is 0.700 bits per heavy atom. The van der Waals surface area contributed by atoms with Crippen molar-refractivity contribution in [2.75, 3.05) is 26.2 Å². The zero-order valence-corrected chi connectivity index (χ0v) is 26.6. The molecule has 3 aromatic rings. The number of piperidine rings is 2. The van der Waals surface area contributed by atoms with Gasteiger partial charge in [0.1, 0.15) is 4.60 Å². The molecule has 0 saturated carbocycles. The molecule has 2 aliphatic heterocycles. The molecule has 0 atom stereocenters. The van der Waals surface area contributed by atoms with Crippen molar-refractivity contribution in [2.24, 2.45) is 11.8 Å². The van der Waals surface area contributed by atoms with E-state index >= 15 is 0 Å². The summed E-state index contributed by atoms with van der Waals surface area (Å²) in [6.45, 7) is 6.61. The van der Waals surface area contributed by atoms with Gasteiger partial charge in [0, 0.05) is 36.8 Å². The lowest BCUT2D eigenvalue weighted by atomic mass is 10.0. The summed E-state index contributed by atoms with van der Waals surface area (Å²) in [4.78, 5) is 8.38. The predicted molar refractivity (Wildman–Crippen MR) is 161 cm³/mol. The van der Waals surface area contributed by atoms with E-state index in [0.717, 1.165) is 31.2 Å². The van der Waals surface area contributed by atoms with Crippen LogP contribution in [0.2, 0.25) is 5.02 Å². The molecule has 0 unspecified atom stereocenters. The lowest BCUT2D eigenvalue weighted by molar-refractivity contribution is 0.287. The zero-order chi connectivity index (χ0) is 28.9. The van der Waals surface area contributed by atoms with Crippen molar-refractivity contribution in [2.45, 2.75) is 49.6 Å². The molecule has 2 aromatic heterocycles. The number of halogens is 2. The summed E-state index contributed by atoms with van der Waals surface area (Å²) in [5.41, 5.74) is 1.31. The first-order valence-corrected chi connectivity index (χ1v) is 17.4. The molecule has 0 N–H and O–H groups in total. The van der Waals surface area contributed by atoms with E-state index in [1.807, 2.05) is 18.2 Å². The number of benzene rings is 1. The molecule has 2 aliphatic rings. The first kappa shape index (κ1) is 31.1. The third-order valence-electron chi connectivity index (χ3n) is 7.26. The molecular formula is C28H34BrClN4O4S2. The minimum Gasteiger partial charge on any atom is -0.235 e. The van der Waals surface area contributed by atoms with Gasteiger partial charge < -0.3 is 0 Å². The molecule has 2 fully saturated rings. The third-order valence-corrected chi connectivity index (χ3v) is 11.6. The smallest absolute Gasteiger partial charge is 0.235 e. The normalized spacial score (nSPS) is 18.2. The molecule has 1 aromatic carbocycles. The van der Waals surface area contributed by atoms with Gasteiger partial charge in [0.2, 0.25) is 0 Å². The van der Waals surface area contributed by atoms with Crippen molar-refractivity contribution in [3.05, 3.63) is 70.3 Å². The van der Waals surface area contributed by atoms with Crippen molar-refractivity contribution in [3.8, 4) is 11.3 Å². The Hall–Kier alpha value is -1.89. The number of nitrogens with zero attached hydrogens (tertiary/aromatic N) is 4. The molecule has 0 amide bonds. The van der Waals surface area contributed by atoms with Crippen LogP contribution in [0.1, 0.15) is 39.5 Å². The second kappa shape index (κ2) is 13.4. The van der Waals surface area contributed by atoms with Gasteiger partial charge in [0.25, 0.3) is 20.0 Å². The lowest BCUT2D eigenvalue weighted by Gasteiger charge is -2.29. The molecule has 8 nitrogen and oxygen atoms in total. The van der Waals surface area contributed by atoms with Crippen molar-refractivity contribution in [1.29, 1.82) is 0 Å². The topological polar surface area (TPSA) is 101 Å². The molecule has 216 valence electrons. The van der Waals surface area contributed by atoms with Crippen molar-refractivity contribution in [1.82, 2.24) is 18.6 Å². The molecule has 2 saturated heterocycles. The molecule has 0 bridgehead atoms. The van der Waals surface area contributed by atoms with Crippen LogP contribution in [-0.2, 0) is 20.0 Å². The summed E-state index contributed by atoms with van der Waals surface area (Å²) >= 11 is 9.38. The fraction of sp³-hybridized carbons (Fsp3) is 0.429. The Balaban J connectivity index is 0.000000194. The Morgan fingerprint density at radius 3 is 1.68 bits per heavy atom. The molecular weight excluding hydrogens is 636 g/mol. The summed E-state index contributed by atoms with van der Waals surface area (Å²) in [6.07, 6.45) is 3.63. The van der Waals surface area contributed by atoms with E-state index in [4.69, 9.17) is 11.6 Å². The first-order chi connectivity index (χ1) is 19.0. The Morgan fingerprint density at radius 2 is 1.18 bits per heavy atom. The van der Waals surface area contributed by atoms with Crippen LogP contribution in [0.5, 0.6) is 0 Å². The van der Waals surface area contributed by atoms with Crippen LogP contribution in [0.4, 0.5) is 0 Å². The van der Waals surface area contributed by atoms with E-state index in [9.17, 15) is 16.8 Å². The molecule has 0 spiro atoms. The minimum atomic E-state index is -3.55. The van der Waals surface area contributed by atoms with Gasteiger partial charge in [-0.2, -0.15) is 8.61 Å². The standard InChI is InChI=1S/C17H19ClN2O2S.C11H15BrN2O2S/c1-13-9-11-20(12-10-13)23(21,22)17-8-4-7-16(19-17)14-5-2-3-6-15(14)18;1-9-5-7-14(8-6-9)17(15,16)11-4-2-3-10(12)13-11/h2-8,13H,9-12H2,1H3;2-4,9H,5-8H2,1H3. The quantitative estimate of drug-likeness (QED) is 0.305. The Kier molecular flexibility index (Phi) is 10.4. The number of sulfonamides is 2. The van der Waals surface area contributed by atoms with E-state index in [0.29, 0.717) is 53.3 Å². The highest BCUT2D eigenvalue weighted by atomic mass is 79.9. The third kappa shape index (κ3) is 7.49. The number of hydrogen-bond donors (Lipinski definition) is 0. The highest BCUT2D eigenvalue weighted by Crippen LogP contribution is 2.28. The van der Waals surface area contributed by atoms with Gasteiger partial charge in [0.15, 0.2) is 10.1 Å². The number of aromatic nitrogens is 2. The summed E-state index contributed by atoms with van der Waals surface area (Å²) in [7, 11) is -6.97.